The predicted octanol–water partition coefficient (Wildman–Crippen LogP) is 4.57. The highest BCUT2D eigenvalue weighted by molar-refractivity contribution is 5.85. The Morgan fingerprint density at radius 2 is 2.00 bits per heavy atom. The maximum absolute atomic E-state index is 13.7. The summed E-state index contributed by atoms with van der Waals surface area (Å²) < 4.78 is 27.1. The van der Waals surface area contributed by atoms with Crippen LogP contribution >= 0.6 is 0 Å². The zero-order valence-corrected chi connectivity index (χ0v) is 13.0. The van der Waals surface area contributed by atoms with E-state index in [0.29, 0.717) is 6.42 Å². The summed E-state index contributed by atoms with van der Waals surface area (Å²) in [5, 5.41) is 1.07. The van der Waals surface area contributed by atoms with E-state index in [-0.39, 0.29) is 11.6 Å². The highest BCUT2D eigenvalue weighted by atomic mass is 19.1. The van der Waals surface area contributed by atoms with Crippen molar-refractivity contribution < 1.29 is 8.78 Å². The van der Waals surface area contributed by atoms with Crippen molar-refractivity contribution in [3.05, 3.63) is 64.9 Å². The molecule has 0 bridgehead atoms. The Hall–Kier alpha value is -2.36. The molecule has 1 aromatic heterocycles. The van der Waals surface area contributed by atoms with E-state index in [2.05, 4.69) is 9.88 Å². The number of hydrogen-bond acceptors (Lipinski definition) is 1. The van der Waals surface area contributed by atoms with Crippen LogP contribution in [-0.2, 0) is 19.4 Å². The van der Waals surface area contributed by atoms with E-state index in [4.69, 9.17) is 0 Å². The molecule has 2 nitrogen and oxygen atoms in total. The molecule has 0 unspecified atom stereocenters. The third kappa shape index (κ3) is 2.38. The first kappa shape index (κ1) is 14.2. The van der Waals surface area contributed by atoms with Gasteiger partial charge in [0.2, 0.25) is 0 Å². The molecule has 1 N–H and O–H groups in total. The fourth-order valence-corrected chi connectivity index (χ4v) is 3.44. The molecule has 0 radical (unpaired) electrons. The highest BCUT2D eigenvalue weighted by Gasteiger charge is 2.21. The van der Waals surface area contributed by atoms with Crippen molar-refractivity contribution in [3.63, 3.8) is 0 Å². The molecule has 0 spiro atoms. The van der Waals surface area contributed by atoms with Gasteiger partial charge in [-0.2, -0.15) is 0 Å². The summed E-state index contributed by atoms with van der Waals surface area (Å²) in [5.74, 6) is -0.365. The van der Waals surface area contributed by atoms with Crippen molar-refractivity contribution in [2.45, 2.75) is 26.3 Å². The van der Waals surface area contributed by atoms with Crippen molar-refractivity contribution in [1.29, 1.82) is 0 Å². The molecule has 23 heavy (non-hydrogen) atoms. The summed E-state index contributed by atoms with van der Waals surface area (Å²) in [5.41, 5.74) is 5.04. The molecule has 0 saturated heterocycles. The first-order chi connectivity index (χ1) is 11.2. The molecule has 4 heteroatoms. The standard InChI is InChI=1S/C19H18F2N2/c1-2-12-9-14(4-6-17(12)21)23-8-7-18-16(11-23)15-5-3-13(20)10-19(15)22-18/h3-6,9-10,22H,2,7-8,11H2,1H3. The Morgan fingerprint density at radius 1 is 1.13 bits per heavy atom. The van der Waals surface area contributed by atoms with Crippen molar-refractivity contribution >= 4 is 16.6 Å². The number of benzene rings is 2. The molecule has 0 amide bonds. The lowest BCUT2D eigenvalue weighted by Crippen LogP contribution is -2.30. The Labute approximate surface area is 133 Å². The van der Waals surface area contributed by atoms with Gasteiger partial charge in [-0.3, -0.25) is 0 Å². The maximum atomic E-state index is 13.7. The number of H-pyrrole nitrogens is 1. The predicted molar refractivity (Wildman–Crippen MR) is 88.8 cm³/mol. The molecule has 3 aromatic rings. The van der Waals surface area contributed by atoms with E-state index in [1.807, 2.05) is 25.1 Å². The van der Waals surface area contributed by atoms with Gasteiger partial charge in [0.25, 0.3) is 0 Å². The Kier molecular flexibility index (Phi) is 3.33. The summed E-state index contributed by atoms with van der Waals surface area (Å²) in [7, 11) is 0. The second-order valence-electron chi connectivity index (χ2n) is 6.07. The summed E-state index contributed by atoms with van der Waals surface area (Å²) in [4.78, 5) is 5.60. The van der Waals surface area contributed by atoms with Crippen LogP contribution in [0.5, 0.6) is 0 Å². The number of aryl methyl sites for hydroxylation is 1. The third-order valence-electron chi connectivity index (χ3n) is 4.71. The average Bonchev–Trinajstić information content (AvgIpc) is 2.91. The zero-order valence-electron chi connectivity index (χ0n) is 13.0. The van der Waals surface area contributed by atoms with Crippen LogP contribution in [0.4, 0.5) is 14.5 Å². The maximum Gasteiger partial charge on any atom is 0.126 e. The number of fused-ring (bicyclic) bond motifs is 3. The van der Waals surface area contributed by atoms with Crippen molar-refractivity contribution in [1.82, 2.24) is 4.98 Å². The molecule has 2 heterocycles. The van der Waals surface area contributed by atoms with Gasteiger partial charge >= 0.3 is 0 Å². The van der Waals surface area contributed by atoms with Gasteiger partial charge < -0.3 is 9.88 Å². The van der Waals surface area contributed by atoms with E-state index in [0.717, 1.165) is 41.7 Å². The fourth-order valence-electron chi connectivity index (χ4n) is 3.44. The number of aromatic nitrogens is 1. The minimum absolute atomic E-state index is 0.142. The second-order valence-corrected chi connectivity index (χ2v) is 6.07. The quantitative estimate of drug-likeness (QED) is 0.734. The van der Waals surface area contributed by atoms with Gasteiger partial charge in [-0.1, -0.05) is 6.92 Å². The van der Waals surface area contributed by atoms with Gasteiger partial charge in [0, 0.05) is 47.4 Å². The van der Waals surface area contributed by atoms with Crippen LogP contribution in [0.15, 0.2) is 36.4 Å². The Bertz CT molecular complexity index is 882. The first-order valence-electron chi connectivity index (χ1n) is 7.98. The lowest BCUT2D eigenvalue weighted by molar-refractivity contribution is 0.611. The Balaban J connectivity index is 1.72. The van der Waals surface area contributed by atoms with Gasteiger partial charge in [0.05, 0.1) is 0 Å². The number of nitrogens with zero attached hydrogens (tertiary/aromatic N) is 1. The number of halogens is 2. The Morgan fingerprint density at radius 3 is 2.83 bits per heavy atom. The van der Waals surface area contributed by atoms with E-state index < -0.39 is 0 Å². The topological polar surface area (TPSA) is 19.0 Å². The molecule has 1 aliphatic heterocycles. The normalized spacial score (nSPS) is 14.3. The van der Waals surface area contributed by atoms with Crippen LogP contribution < -0.4 is 4.90 Å². The summed E-state index contributed by atoms with van der Waals surface area (Å²) >= 11 is 0. The molecule has 2 aromatic carbocycles. The van der Waals surface area contributed by atoms with Gasteiger partial charge in [-0.05, 0) is 48.4 Å². The number of nitrogens with one attached hydrogen (secondary N) is 1. The van der Waals surface area contributed by atoms with Crippen LogP contribution in [0.2, 0.25) is 0 Å². The largest absolute Gasteiger partial charge is 0.367 e. The molecule has 4 rings (SSSR count). The molecule has 0 aliphatic carbocycles. The van der Waals surface area contributed by atoms with Crippen LogP contribution in [-0.4, -0.2) is 11.5 Å². The highest BCUT2D eigenvalue weighted by Crippen LogP contribution is 2.31. The molecular weight excluding hydrogens is 294 g/mol. The summed E-state index contributed by atoms with van der Waals surface area (Å²) in [6.07, 6.45) is 1.57. The lowest BCUT2D eigenvalue weighted by Gasteiger charge is -2.29. The summed E-state index contributed by atoms with van der Waals surface area (Å²) in [6.45, 7) is 3.59. The van der Waals surface area contributed by atoms with E-state index in [9.17, 15) is 8.78 Å². The number of anilines is 1. The second kappa shape index (κ2) is 5.37. The summed E-state index contributed by atoms with van der Waals surface area (Å²) in [6, 6.07) is 10.2. The van der Waals surface area contributed by atoms with Crippen LogP contribution in [0.25, 0.3) is 10.9 Å². The van der Waals surface area contributed by atoms with Crippen LogP contribution in [0.3, 0.4) is 0 Å². The SMILES string of the molecule is CCc1cc(N2CCc3[nH]c4cc(F)ccc4c3C2)ccc1F. The molecule has 0 saturated carbocycles. The molecule has 0 fully saturated rings. The molecular formula is C19H18F2N2. The van der Waals surface area contributed by atoms with Crippen molar-refractivity contribution in [3.8, 4) is 0 Å². The molecule has 118 valence electrons. The van der Waals surface area contributed by atoms with Gasteiger partial charge in [-0.25, -0.2) is 8.78 Å². The fraction of sp³-hybridized carbons (Fsp3) is 0.263. The third-order valence-corrected chi connectivity index (χ3v) is 4.71. The van der Waals surface area contributed by atoms with Crippen LogP contribution in [0.1, 0.15) is 23.7 Å². The monoisotopic (exact) mass is 312 g/mol. The number of aromatic amines is 1. The van der Waals surface area contributed by atoms with Gasteiger partial charge in [-0.15, -0.1) is 0 Å². The number of rotatable bonds is 2. The molecule has 1 aliphatic rings. The first-order valence-corrected chi connectivity index (χ1v) is 7.98. The smallest absolute Gasteiger partial charge is 0.126 e. The minimum atomic E-state index is -0.223. The van der Waals surface area contributed by atoms with Gasteiger partial charge in [0.15, 0.2) is 0 Å². The van der Waals surface area contributed by atoms with Gasteiger partial charge in [0.1, 0.15) is 11.6 Å². The van der Waals surface area contributed by atoms with Crippen LogP contribution in [0, 0.1) is 11.6 Å². The van der Waals surface area contributed by atoms with Crippen molar-refractivity contribution in [2.75, 3.05) is 11.4 Å². The van der Waals surface area contributed by atoms with Crippen molar-refractivity contribution in [2.24, 2.45) is 0 Å². The van der Waals surface area contributed by atoms with E-state index in [1.165, 1.54) is 17.3 Å². The molecule has 0 atom stereocenters. The van der Waals surface area contributed by atoms with E-state index >= 15 is 0 Å². The number of hydrogen-bond donors (Lipinski definition) is 1. The minimum Gasteiger partial charge on any atom is -0.367 e. The zero-order chi connectivity index (χ0) is 16.0. The average molecular weight is 312 g/mol. The van der Waals surface area contributed by atoms with E-state index in [1.54, 1.807) is 12.1 Å². The lowest BCUT2D eigenvalue weighted by atomic mass is 10.0.